The fraction of sp³-hybridized carbons (Fsp3) is 0.467. The van der Waals surface area contributed by atoms with Crippen molar-refractivity contribution in [2.45, 2.75) is 32.5 Å². The van der Waals surface area contributed by atoms with Crippen molar-refractivity contribution >= 4 is 23.2 Å². The van der Waals surface area contributed by atoms with Crippen LogP contribution in [0.3, 0.4) is 0 Å². The molecule has 0 heterocycles. The first-order chi connectivity index (χ1) is 9.99. The molecule has 0 amide bonds. The quantitative estimate of drug-likeness (QED) is 0.714. The SMILES string of the molecule is CCOc1ccc(C(O)C(O)CCSC(C)=O)cc1C=O. The van der Waals surface area contributed by atoms with Gasteiger partial charge in [0.2, 0.25) is 0 Å². The van der Waals surface area contributed by atoms with Crippen molar-refractivity contribution in [2.75, 3.05) is 12.4 Å². The van der Waals surface area contributed by atoms with Crippen molar-refractivity contribution in [3.63, 3.8) is 0 Å². The fourth-order valence-electron chi connectivity index (χ4n) is 1.83. The van der Waals surface area contributed by atoms with Gasteiger partial charge in [0.1, 0.15) is 11.9 Å². The highest BCUT2D eigenvalue weighted by Gasteiger charge is 2.19. The van der Waals surface area contributed by atoms with E-state index in [1.54, 1.807) is 12.1 Å². The van der Waals surface area contributed by atoms with Crippen molar-refractivity contribution in [3.8, 4) is 5.75 Å². The van der Waals surface area contributed by atoms with Crippen molar-refractivity contribution < 1.29 is 24.5 Å². The van der Waals surface area contributed by atoms with Crippen molar-refractivity contribution in [1.29, 1.82) is 0 Å². The van der Waals surface area contributed by atoms with Gasteiger partial charge in [-0.2, -0.15) is 0 Å². The second-order valence-electron chi connectivity index (χ2n) is 4.49. The second-order valence-corrected chi connectivity index (χ2v) is 5.76. The zero-order valence-corrected chi connectivity index (χ0v) is 12.9. The van der Waals surface area contributed by atoms with Crippen LogP contribution in [0.1, 0.15) is 42.3 Å². The molecule has 0 aliphatic rings. The zero-order chi connectivity index (χ0) is 15.8. The van der Waals surface area contributed by atoms with E-state index in [1.165, 1.54) is 13.0 Å². The molecule has 21 heavy (non-hydrogen) atoms. The van der Waals surface area contributed by atoms with Gasteiger partial charge in [-0.1, -0.05) is 17.8 Å². The number of aliphatic hydroxyl groups excluding tert-OH is 2. The first kappa shape index (κ1) is 17.7. The summed E-state index contributed by atoms with van der Waals surface area (Å²) in [5.74, 6) is 0.885. The Hall–Kier alpha value is -1.37. The summed E-state index contributed by atoms with van der Waals surface area (Å²) in [4.78, 5) is 21.8. The van der Waals surface area contributed by atoms with Crippen molar-refractivity contribution in [1.82, 2.24) is 0 Å². The van der Waals surface area contributed by atoms with Crippen LogP contribution in [0.5, 0.6) is 5.75 Å². The molecule has 1 aromatic rings. The first-order valence-corrected chi connectivity index (χ1v) is 7.69. The smallest absolute Gasteiger partial charge is 0.185 e. The Morgan fingerprint density at radius 3 is 2.71 bits per heavy atom. The molecule has 2 unspecified atom stereocenters. The van der Waals surface area contributed by atoms with E-state index in [4.69, 9.17) is 4.74 Å². The minimum atomic E-state index is -1.10. The number of hydrogen-bond acceptors (Lipinski definition) is 6. The highest BCUT2D eigenvalue weighted by atomic mass is 32.2. The van der Waals surface area contributed by atoms with Crippen LogP contribution < -0.4 is 4.74 Å². The molecule has 5 nitrogen and oxygen atoms in total. The van der Waals surface area contributed by atoms with Gasteiger partial charge in [0.05, 0.1) is 18.3 Å². The molecule has 0 radical (unpaired) electrons. The molecule has 0 bridgehead atoms. The number of benzene rings is 1. The molecule has 0 fully saturated rings. The molecular formula is C15H20O5S. The number of ether oxygens (including phenoxy) is 1. The molecule has 2 atom stereocenters. The Balaban J connectivity index is 2.74. The van der Waals surface area contributed by atoms with Gasteiger partial charge in [0, 0.05) is 12.7 Å². The Kier molecular flexibility index (Phi) is 7.42. The van der Waals surface area contributed by atoms with Crippen LogP contribution in [0.25, 0.3) is 0 Å². The minimum Gasteiger partial charge on any atom is -0.493 e. The normalized spacial score (nSPS) is 13.5. The monoisotopic (exact) mass is 312 g/mol. The topological polar surface area (TPSA) is 83.8 Å². The molecule has 116 valence electrons. The lowest BCUT2D eigenvalue weighted by Gasteiger charge is -2.19. The van der Waals surface area contributed by atoms with Crippen LogP contribution in [0, 0.1) is 0 Å². The molecule has 0 aromatic heterocycles. The number of hydrogen-bond donors (Lipinski definition) is 2. The van der Waals surface area contributed by atoms with Gasteiger partial charge in [0.15, 0.2) is 11.4 Å². The third-order valence-corrected chi connectivity index (χ3v) is 3.73. The van der Waals surface area contributed by atoms with Crippen LogP contribution in [0.15, 0.2) is 18.2 Å². The molecule has 0 aliphatic carbocycles. The molecule has 0 spiro atoms. The summed E-state index contributed by atoms with van der Waals surface area (Å²) in [6, 6.07) is 4.72. The molecule has 0 aliphatic heterocycles. The summed E-state index contributed by atoms with van der Waals surface area (Å²) >= 11 is 1.10. The van der Waals surface area contributed by atoms with E-state index in [2.05, 4.69) is 0 Å². The molecule has 0 saturated heterocycles. The standard InChI is InChI=1S/C15H20O5S/c1-3-20-14-5-4-11(8-12(14)9-16)15(19)13(18)6-7-21-10(2)17/h4-5,8-9,13,15,18-19H,3,6-7H2,1-2H3. The maximum absolute atomic E-state index is 11.0. The van der Waals surface area contributed by atoms with Crippen LogP contribution in [0.2, 0.25) is 0 Å². The highest BCUT2D eigenvalue weighted by molar-refractivity contribution is 8.13. The summed E-state index contributed by atoms with van der Waals surface area (Å²) < 4.78 is 5.30. The van der Waals surface area contributed by atoms with Gasteiger partial charge in [-0.25, -0.2) is 0 Å². The Labute approximate surface area is 128 Å². The van der Waals surface area contributed by atoms with E-state index < -0.39 is 12.2 Å². The largest absolute Gasteiger partial charge is 0.493 e. The lowest BCUT2D eigenvalue weighted by Crippen LogP contribution is -2.19. The van der Waals surface area contributed by atoms with Gasteiger partial charge in [-0.3, -0.25) is 9.59 Å². The maximum Gasteiger partial charge on any atom is 0.185 e. The van der Waals surface area contributed by atoms with Crippen molar-refractivity contribution in [3.05, 3.63) is 29.3 Å². The summed E-state index contributed by atoms with van der Waals surface area (Å²) in [5, 5.41) is 20.0. The van der Waals surface area contributed by atoms with Gasteiger partial charge in [0.25, 0.3) is 0 Å². The molecule has 2 N–H and O–H groups in total. The summed E-state index contributed by atoms with van der Waals surface area (Å²) in [7, 11) is 0. The zero-order valence-electron chi connectivity index (χ0n) is 12.1. The van der Waals surface area contributed by atoms with E-state index in [9.17, 15) is 19.8 Å². The van der Waals surface area contributed by atoms with Gasteiger partial charge in [-0.15, -0.1) is 0 Å². The average Bonchev–Trinajstić information content (AvgIpc) is 2.46. The first-order valence-electron chi connectivity index (χ1n) is 6.71. The van der Waals surface area contributed by atoms with Crippen molar-refractivity contribution in [2.24, 2.45) is 0 Å². The van der Waals surface area contributed by atoms with Crippen LogP contribution in [-0.4, -0.2) is 40.1 Å². The Morgan fingerprint density at radius 2 is 2.14 bits per heavy atom. The highest BCUT2D eigenvalue weighted by Crippen LogP contribution is 2.25. The van der Waals surface area contributed by atoms with E-state index in [0.29, 0.717) is 35.5 Å². The van der Waals surface area contributed by atoms with Gasteiger partial charge < -0.3 is 14.9 Å². The van der Waals surface area contributed by atoms with E-state index in [-0.39, 0.29) is 11.5 Å². The lowest BCUT2D eigenvalue weighted by molar-refractivity contribution is -0.109. The van der Waals surface area contributed by atoms with Crippen LogP contribution in [-0.2, 0) is 4.79 Å². The number of rotatable bonds is 8. The lowest BCUT2D eigenvalue weighted by atomic mass is 10.0. The molecule has 0 saturated carbocycles. The number of aldehydes is 1. The predicted molar refractivity (Wildman–Crippen MR) is 81.7 cm³/mol. The fourth-order valence-corrected chi connectivity index (χ4v) is 2.48. The average molecular weight is 312 g/mol. The number of aliphatic hydroxyl groups is 2. The molecular weight excluding hydrogens is 292 g/mol. The summed E-state index contributed by atoms with van der Waals surface area (Å²) in [6.45, 7) is 3.71. The third-order valence-electron chi connectivity index (χ3n) is 2.89. The number of carbonyl (C=O) groups excluding carboxylic acids is 2. The van der Waals surface area contributed by atoms with E-state index in [0.717, 1.165) is 11.8 Å². The van der Waals surface area contributed by atoms with E-state index in [1.807, 2.05) is 6.92 Å². The number of carbonyl (C=O) groups is 2. The Morgan fingerprint density at radius 1 is 1.43 bits per heavy atom. The predicted octanol–water partition coefficient (Wildman–Crippen LogP) is 1.96. The van der Waals surface area contributed by atoms with Crippen LogP contribution >= 0.6 is 11.8 Å². The maximum atomic E-state index is 11.0. The van der Waals surface area contributed by atoms with E-state index >= 15 is 0 Å². The van der Waals surface area contributed by atoms with Crippen LogP contribution in [0.4, 0.5) is 0 Å². The minimum absolute atomic E-state index is 0.0269. The molecule has 1 rings (SSSR count). The molecule has 1 aromatic carbocycles. The summed E-state index contributed by atoms with van der Waals surface area (Å²) in [5.41, 5.74) is 0.777. The Bertz CT molecular complexity index is 489. The molecule has 6 heteroatoms. The second kappa shape index (κ2) is 8.81. The summed E-state index contributed by atoms with van der Waals surface area (Å²) in [6.07, 6.45) is -1.16. The van der Waals surface area contributed by atoms with Gasteiger partial charge >= 0.3 is 0 Å². The van der Waals surface area contributed by atoms with Gasteiger partial charge in [-0.05, 0) is 31.0 Å². The third kappa shape index (κ3) is 5.49. The number of thioether (sulfide) groups is 1.